The number of ether oxygens (including phenoxy) is 2. The second-order valence-corrected chi connectivity index (χ2v) is 6.23. The molecule has 0 fully saturated rings. The highest BCUT2D eigenvalue weighted by molar-refractivity contribution is 6.31. The Morgan fingerprint density at radius 2 is 1.93 bits per heavy atom. The van der Waals surface area contributed by atoms with Gasteiger partial charge in [-0.25, -0.2) is 9.59 Å². The molecule has 138 valence electrons. The topological polar surface area (TPSA) is 78.4 Å². The monoisotopic (exact) mass is 384 g/mol. The number of esters is 2. The van der Waals surface area contributed by atoms with Crippen molar-refractivity contribution < 1.29 is 19.1 Å². The Labute approximate surface area is 161 Å². The lowest BCUT2D eigenvalue weighted by Crippen LogP contribution is -2.07. The van der Waals surface area contributed by atoms with E-state index < -0.39 is 11.9 Å². The number of hydrogen-bond acceptors (Lipinski definition) is 6. The molecule has 0 amide bonds. The molecule has 7 heteroatoms. The number of aromatic nitrogens is 2. The van der Waals surface area contributed by atoms with Gasteiger partial charge in [0.1, 0.15) is 0 Å². The van der Waals surface area contributed by atoms with E-state index in [1.807, 2.05) is 6.07 Å². The molecule has 2 aromatic heterocycles. The molecule has 0 unspecified atom stereocenters. The number of benzene rings is 1. The van der Waals surface area contributed by atoms with E-state index in [1.165, 1.54) is 13.3 Å². The summed E-state index contributed by atoms with van der Waals surface area (Å²) in [6.45, 7) is 2.06. The second-order valence-electron chi connectivity index (χ2n) is 5.79. The van der Waals surface area contributed by atoms with Crippen LogP contribution in [-0.2, 0) is 15.9 Å². The number of rotatable bonds is 5. The van der Waals surface area contributed by atoms with Crippen molar-refractivity contribution in [2.45, 2.75) is 13.3 Å². The van der Waals surface area contributed by atoms with E-state index in [4.69, 9.17) is 21.1 Å². The highest BCUT2D eigenvalue weighted by Crippen LogP contribution is 2.24. The van der Waals surface area contributed by atoms with E-state index in [-0.39, 0.29) is 0 Å². The van der Waals surface area contributed by atoms with E-state index in [2.05, 4.69) is 9.97 Å². The number of halogens is 1. The summed E-state index contributed by atoms with van der Waals surface area (Å²) in [5.74, 6) is -0.879. The number of fused-ring (bicyclic) bond motifs is 1. The normalized spacial score (nSPS) is 10.6. The molecular formula is C20H17ClN2O4. The minimum atomic E-state index is -0.482. The van der Waals surface area contributed by atoms with Crippen molar-refractivity contribution in [3.8, 4) is 0 Å². The van der Waals surface area contributed by atoms with Crippen LogP contribution < -0.4 is 0 Å². The van der Waals surface area contributed by atoms with Gasteiger partial charge >= 0.3 is 11.9 Å². The quantitative estimate of drug-likeness (QED) is 0.622. The van der Waals surface area contributed by atoms with Crippen molar-refractivity contribution in [3.05, 3.63) is 70.1 Å². The smallest absolute Gasteiger partial charge is 0.340 e. The first-order valence-electron chi connectivity index (χ1n) is 8.30. The van der Waals surface area contributed by atoms with Gasteiger partial charge in [0.2, 0.25) is 0 Å². The third-order valence-electron chi connectivity index (χ3n) is 3.93. The van der Waals surface area contributed by atoms with Crippen molar-refractivity contribution in [2.75, 3.05) is 13.7 Å². The molecule has 27 heavy (non-hydrogen) atoms. The highest BCUT2D eigenvalue weighted by Gasteiger charge is 2.15. The lowest BCUT2D eigenvalue weighted by atomic mass is 10.0. The molecular weight excluding hydrogens is 368 g/mol. The summed E-state index contributed by atoms with van der Waals surface area (Å²) in [5.41, 5.74) is 2.79. The Morgan fingerprint density at radius 3 is 2.67 bits per heavy atom. The zero-order chi connectivity index (χ0) is 19.4. The number of pyridine rings is 2. The second kappa shape index (κ2) is 8.14. The summed E-state index contributed by atoms with van der Waals surface area (Å²) in [7, 11) is 1.32. The van der Waals surface area contributed by atoms with E-state index in [9.17, 15) is 9.59 Å². The lowest BCUT2D eigenvalue weighted by Gasteiger charge is -2.09. The van der Waals surface area contributed by atoms with E-state index in [1.54, 1.807) is 37.4 Å². The fourth-order valence-corrected chi connectivity index (χ4v) is 2.94. The Bertz CT molecular complexity index is 1020. The molecule has 0 aliphatic heterocycles. The third kappa shape index (κ3) is 4.23. The van der Waals surface area contributed by atoms with Gasteiger partial charge in [0, 0.05) is 29.9 Å². The van der Waals surface area contributed by atoms with Crippen LogP contribution in [0.5, 0.6) is 0 Å². The lowest BCUT2D eigenvalue weighted by molar-refractivity contribution is 0.0525. The van der Waals surface area contributed by atoms with E-state index >= 15 is 0 Å². The first kappa shape index (κ1) is 18.8. The molecule has 2 heterocycles. The highest BCUT2D eigenvalue weighted by atomic mass is 35.5. The summed E-state index contributed by atoms with van der Waals surface area (Å²) >= 11 is 6.04. The standard InChI is InChI=1S/C20H17ClN2O4/c1-3-27-19(24)13-4-5-22-16(10-13)7-12-6-14-9-15(21)11-23-18(14)17(8-12)20(25)26-2/h4-6,8-11H,3,7H2,1-2H3. The van der Waals surface area contributed by atoms with Gasteiger partial charge in [-0.05, 0) is 42.8 Å². The van der Waals surface area contributed by atoms with Gasteiger partial charge in [-0.15, -0.1) is 0 Å². The number of methoxy groups -OCH3 is 1. The zero-order valence-corrected chi connectivity index (χ0v) is 15.6. The maximum absolute atomic E-state index is 12.2. The van der Waals surface area contributed by atoms with Crippen molar-refractivity contribution in [2.24, 2.45) is 0 Å². The zero-order valence-electron chi connectivity index (χ0n) is 14.9. The molecule has 0 N–H and O–H groups in total. The first-order valence-corrected chi connectivity index (χ1v) is 8.68. The molecule has 0 atom stereocenters. The van der Waals surface area contributed by atoms with Gasteiger partial charge in [0.05, 0.1) is 35.4 Å². The maximum atomic E-state index is 12.2. The van der Waals surface area contributed by atoms with Gasteiger partial charge in [0.15, 0.2) is 0 Å². The SMILES string of the molecule is CCOC(=O)c1ccnc(Cc2cc(C(=O)OC)c3ncc(Cl)cc3c2)c1. The number of hydrogen-bond donors (Lipinski definition) is 0. The van der Waals surface area contributed by atoms with Crippen LogP contribution in [0.15, 0.2) is 42.7 Å². The molecule has 0 spiro atoms. The van der Waals surface area contributed by atoms with E-state index in [0.29, 0.717) is 40.4 Å². The van der Waals surface area contributed by atoms with Gasteiger partial charge < -0.3 is 9.47 Å². The molecule has 0 aliphatic carbocycles. The predicted molar refractivity (Wildman–Crippen MR) is 101 cm³/mol. The molecule has 1 aromatic carbocycles. The first-order chi connectivity index (χ1) is 13.0. The maximum Gasteiger partial charge on any atom is 0.340 e. The molecule has 0 saturated carbocycles. The summed E-state index contributed by atoms with van der Waals surface area (Å²) in [6, 6.07) is 8.62. The minimum Gasteiger partial charge on any atom is -0.465 e. The summed E-state index contributed by atoms with van der Waals surface area (Å²) in [6.07, 6.45) is 3.46. The summed E-state index contributed by atoms with van der Waals surface area (Å²) in [4.78, 5) is 32.6. The fraction of sp³-hybridized carbons (Fsp3) is 0.200. The Morgan fingerprint density at radius 1 is 1.11 bits per heavy atom. The third-order valence-corrected chi connectivity index (χ3v) is 4.13. The molecule has 0 saturated heterocycles. The van der Waals surface area contributed by atoms with Gasteiger partial charge in [-0.3, -0.25) is 9.97 Å². The van der Waals surface area contributed by atoms with Crippen LogP contribution in [0.3, 0.4) is 0 Å². The van der Waals surface area contributed by atoms with Crippen molar-refractivity contribution >= 4 is 34.4 Å². The predicted octanol–water partition coefficient (Wildman–Crippen LogP) is 3.84. The average Bonchev–Trinajstić information content (AvgIpc) is 2.67. The van der Waals surface area contributed by atoms with Crippen LogP contribution >= 0.6 is 11.6 Å². The van der Waals surface area contributed by atoms with Crippen LogP contribution in [0.25, 0.3) is 10.9 Å². The molecule has 3 rings (SSSR count). The van der Waals surface area contributed by atoms with Gasteiger partial charge in [-0.1, -0.05) is 11.6 Å². The average molecular weight is 385 g/mol. The molecule has 3 aromatic rings. The Hall–Kier alpha value is -2.99. The van der Waals surface area contributed by atoms with Crippen LogP contribution in [-0.4, -0.2) is 35.6 Å². The van der Waals surface area contributed by atoms with Crippen molar-refractivity contribution in [1.82, 2.24) is 9.97 Å². The van der Waals surface area contributed by atoms with E-state index in [0.717, 1.165) is 10.9 Å². The van der Waals surface area contributed by atoms with Gasteiger partial charge in [0.25, 0.3) is 0 Å². The van der Waals surface area contributed by atoms with Crippen LogP contribution in [0.2, 0.25) is 5.02 Å². The fourth-order valence-electron chi connectivity index (χ4n) is 2.78. The molecule has 0 bridgehead atoms. The van der Waals surface area contributed by atoms with Crippen LogP contribution in [0.1, 0.15) is 38.9 Å². The van der Waals surface area contributed by atoms with Crippen LogP contribution in [0.4, 0.5) is 0 Å². The summed E-state index contributed by atoms with van der Waals surface area (Å²) < 4.78 is 9.89. The minimum absolute atomic E-state index is 0.303. The summed E-state index contributed by atoms with van der Waals surface area (Å²) in [5, 5.41) is 1.19. The molecule has 0 radical (unpaired) electrons. The van der Waals surface area contributed by atoms with Gasteiger partial charge in [-0.2, -0.15) is 0 Å². The molecule has 6 nitrogen and oxygen atoms in total. The largest absolute Gasteiger partial charge is 0.465 e. The molecule has 0 aliphatic rings. The van der Waals surface area contributed by atoms with Crippen molar-refractivity contribution in [3.63, 3.8) is 0 Å². The van der Waals surface area contributed by atoms with Crippen LogP contribution in [0, 0.1) is 0 Å². The number of carbonyl (C=O) groups excluding carboxylic acids is 2. The Balaban J connectivity index is 2.01. The van der Waals surface area contributed by atoms with Crippen molar-refractivity contribution in [1.29, 1.82) is 0 Å². The Kier molecular flexibility index (Phi) is 5.66. The number of nitrogens with zero attached hydrogens (tertiary/aromatic N) is 2. The number of carbonyl (C=O) groups is 2.